The van der Waals surface area contributed by atoms with Crippen LogP contribution in [0, 0.1) is 5.92 Å². The van der Waals surface area contributed by atoms with Crippen LogP contribution < -0.4 is 15.8 Å². The molecule has 0 radical (unpaired) electrons. The molecule has 0 fully saturated rings. The first-order chi connectivity index (χ1) is 10.0. The second kappa shape index (κ2) is 6.30. The molecule has 1 aromatic carbocycles. The lowest BCUT2D eigenvalue weighted by atomic mass is 10.2. The average molecular weight is 288 g/mol. The number of hydrogen-bond donors (Lipinski definition) is 3. The summed E-state index contributed by atoms with van der Waals surface area (Å²) in [6.07, 6.45) is 0. The number of H-pyrrole nitrogens is 1. The van der Waals surface area contributed by atoms with Crippen molar-refractivity contribution in [3.8, 4) is 5.75 Å². The van der Waals surface area contributed by atoms with E-state index in [1.807, 2.05) is 18.2 Å². The quantitative estimate of drug-likeness (QED) is 0.592. The number of aromatic nitrogens is 1. The second-order valence-electron chi connectivity index (χ2n) is 5.17. The number of nitrogens with two attached hydrogens (primary N) is 1. The molecule has 0 bridgehead atoms. The molecule has 0 aliphatic carbocycles. The minimum absolute atomic E-state index is 0.0786. The van der Waals surface area contributed by atoms with Gasteiger partial charge in [-0.15, -0.1) is 0 Å². The predicted molar refractivity (Wildman–Crippen MR) is 83.6 cm³/mol. The van der Waals surface area contributed by atoms with Gasteiger partial charge >= 0.3 is 0 Å². The highest BCUT2D eigenvalue weighted by Gasteiger charge is 2.13. The average Bonchev–Trinajstić information content (AvgIpc) is 2.89. The molecule has 2 aromatic rings. The summed E-state index contributed by atoms with van der Waals surface area (Å²) in [5.74, 6) is 0.940. The molecule has 0 unspecified atom stereocenters. The van der Waals surface area contributed by atoms with Crippen LogP contribution in [0.2, 0.25) is 0 Å². The van der Waals surface area contributed by atoms with E-state index in [1.54, 1.807) is 6.07 Å². The lowest BCUT2D eigenvalue weighted by Crippen LogP contribution is -2.36. The summed E-state index contributed by atoms with van der Waals surface area (Å²) in [7, 11) is 1.51. The Bertz CT molecular complexity index is 673. The molecular weight excluding hydrogens is 268 g/mol. The molecule has 1 aromatic heterocycles. The van der Waals surface area contributed by atoms with Crippen molar-refractivity contribution in [2.45, 2.75) is 13.8 Å². The molecule has 6 heteroatoms. The number of aliphatic imine (C=N–C) groups is 1. The number of nitrogens with zero attached hydrogens (tertiary/aromatic N) is 1. The summed E-state index contributed by atoms with van der Waals surface area (Å²) in [5, 5.41) is 3.36. The van der Waals surface area contributed by atoms with Crippen LogP contribution in [0.1, 0.15) is 24.3 Å². The summed E-state index contributed by atoms with van der Waals surface area (Å²) in [5.41, 5.74) is 6.75. The van der Waals surface area contributed by atoms with Crippen LogP contribution in [0.15, 0.2) is 29.3 Å². The number of aromatic amines is 1. The number of guanidine groups is 1. The molecule has 0 atom stereocenters. The third-order valence-electron chi connectivity index (χ3n) is 2.92. The minimum Gasteiger partial charge on any atom is -0.493 e. The topological polar surface area (TPSA) is 92.5 Å². The molecule has 0 aliphatic rings. The zero-order valence-electron chi connectivity index (χ0n) is 12.4. The Morgan fingerprint density at radius 2 is 2.24 bits per heavy atom. The Morgan fingerprint density at radius 1 is 1.48 bits per heavy atom. The van der Waals surface area contributed by atoms with Gasteiger partial charge in [0.05, 0.1) is 6.61 Å². The van der Waals surface area contributed by atoms with Crippen molar-refractivity contribution in [3.63, 3.8) is 0 Å². The van der Waals surface area contributed by atoms with E-state index in [-0.39, 0.29) is 11.9 Å². The van der Waals surface area contributed by atoms with Gasteiger partial charge in [-0.2, -0.15) is 0 Å². The van der Waals surface area contributed by atoms with Gasteiger partial charge < -0.3 is 15.5 Å². The highest BCUT2D eigenvalue weighted by molar-refractivity contribution is 6.07. The molecule has 0 spiro atoms. The largest absolute Gasteiger partial charge is 0.493 e. The maximum Gasteiger partial charge on any atom is 0.274 e. The smallest absolute Gasteiger partial charge is 0.274 e. The molecule has 2 rings (SSSR count). The van der Waals surface area contributed by atoms with Crippen molar-refractivity contribution in [1.29, 1.82) is 0 Å². The van der Waals surface area contributed by atoms with E-state index in [0.29, 0.717) is 18.2 Å². The van der Waals surface area contributed by atoms with Crippen LogP contribution in [-0.4, -0.2) is 30.5 Å². The van der Waals surface area contributed by atoms with Crippen molar-refractivity contribution in [2.75, 3.05) is 13.7 Å². The third kappa shape index (κ3) is 3.53. The molecule has 6 nitrogen and oxygen atoms in total. The summed E-state index contributed by atoms with van der Waals surface area (Å²) >= 11 is 0. The normalized spacial score (nSPS) is 11.9. The summed E-state index contributed by atoms with van der Waals surface area (Å²) < 4.78 is 5.78. The van der Waals surface area contributed by atoms with E-state index in [4.69, 9.17) is 10.5 Å². The lowest BCUT2D eigenvalue weighted by Gasteiger charge is -2.09. The zero-order valence-corrected chi connectivity index (χ0v) is 12.4. The third-order valence-corrected chi connectivity index (χ3v) is 2.92. The van der Waals surface area contributed by atoms with Crippen LogP contribution in [0.4, 0.5) is 0 Å². The molecular formula is C15H20N4O2. The van der Waals surface area contributed by atoms with Gasteiger partial charge in [-0.05, 0) is 24.1 Å². The van der Waals surface area contributed by atoms with E-state index >= 15 is 0 Å². The maximum absolute atomic E-state index is 12.0. The van der Waals surface area contributed by atoms with Crippen molar-refractivity contribution in [1.82, 2.24) is 10.3 Å². The Hall–Kier alpha value is -2.50. The van der Waals surface area contributed by atoms with Gasteiger partial charge in [-0.1, -0.05) is 19.9 Å². The van der Waals surface area contributed by atoms with E-state index in [1.165, 1.54) is 7.05 Å². The summed E-state index contributed by atoms with van der Waals surface area (Å²) in [6, 6.07) is 7.43. The second-order valence-corrected chi connectivity index (χ2v) is 5.17. The molecule has 21 heavy (non-hydrogen) atoms. The van der Waals surface area contributed by atoms with Gasteiger partial charge in [0.2, 0.25) is 0 Å². The standard InChI is InChI=1S/C15H20N4O2/c1-9(2)8-21-13-6-4-5-11-10(13)7-12(18-11)14(20)19-15(16)17-3/h4-7,9,18H,8H2,1-3H3,(H3,16,17,19,20). The maximum atomic E-state index is 12.0. The van der Waals surface area contributed by atoms with Gasteiger partial charge in [0.1, 0.15) is 11.4 Å². The van der Waals surface area contributed by atoms with Crippen molar-refractivity contribution < 1.29 is 9.53 Å². The van der Waals surface area contributed by atoms with Crippen LogP contribution >= 0.6 is 0 Å². The fraction of sp³-hybridized carbons (Fsp3) is 0.333. The molecule has 112 valence electrons. The fourth-order valence-corrected chi connectivity index (χ4v) is 1.87. The van der Waals surface area contributed by atoms with Crippen LogP contribution in [0.3, 0.4) is 0 Å². The van der Waals surface area contributed by atoms with Gasteiger partial charge in [0, 0.05) is 18.0 Å². The van der Waals surface area contributed by atoms with Gasteiger partial charge in [0.15, 0.2) is 5.96 Å². The first-order valence-electron chi connectivity index (χ1n) is 6.79. The Morgan fingerprint density at radius 3 is 2.90 bits per heavy atom. The number of carbonyl (C=O) groups excluding carboxylic acids is 1. The van der Waals surface area contributed by atoms with Gasteiger partial charge in [-0.25, -0.2) is 0 Å². The van der Waals surface area contributed by atoms with Crippen LogP contribution in [0.5, 0.6) is 5.75 Å². The first kappa shape index (κ1) is 14.9. The van der Waals surface area contributed by atoms with Crippen LogP contribution in [-0.2, 0) is 0 Å². The Labute approximate surface area is 123 Å². The number of benzene rings is 1. The number of hydrogen-bond acceptors (Lipinski definition) is 3. The summed E-state index contributed by atoms with van der Waals surface area (Å²) in [6.45, 7) is 4.80. The van der Waals surface area contributed by atoms with Gasteiger partial charge in [0.25, 0.3) is 5.91 Å². The predicted octanol–water partition coefficient (Wildman–Crippen LogP) is 1.88. The number of amides is 1. The van der Waals surface area contributed by atoms with E-state index in [9.17, 15) is 4.79 Å². The fourth-order valence-electron chi connectivity index (χ4n) is 1.87. The Balaban J connectivity index is 2.28. The van der Waals surface area contributed by atoms with E-state index in [0.717, 1.165) is 16.7 Å². The number of carbonyl (C=O) groups is 1. The van der Waals surface area contributed by atoms with Crippen molar-refractivity contribution in [2.24, 2.45) is 16.6 Å². The number of rotatable bonds is 4. The molecule has 0 aliphatic heterocycles. The molecule has 0 saturated carbocycles. The number of fused-ring (bicyclic) bond motifs is 1. The summed E-state index contributed by atoms with van der Waals surface area (Å²) in [4.78, 5) is 18.8. The number of nitrogens with one attached hydrogen (secondary N) is 2. The first-order valence-corrected chi connectivity index (χ1v) is 6.79. The SMILES string of the molecule is CN=C(N)NC(=O)c1cc2c(OCC(C)C)cccc2[nH]1. The zero-order chi connectivity index (χ0) is 15.4. The monoisotopic (exact) mass is 288 g/mol. The molecule has 0 saturated heterocycles. The number of ether oxygens (including phenoxy) is 1. The Kier molecular flexibility index (Phi) is 4.47. The van der Waals surface area contributed by atoms with Crippen molar-refractivity contribution >= 4 is 22.8 Å². The minimum atomic E-state index is -0.330. The van der Waals surface area contributed by atoms with E-state index in [2.05, 4.69) is 29.1 Å². The van der Waals surface area contributed by atoms with Crippen molar-refractivity contribution in [3.05, 3.63) is 30.0 Å². The van der Waals surface area contributed by atoms with Gasteiger partial charge in [-0.3, -0.25) is 15.1 Å². The highest BCUT2D eigenvalue weighted by atomic mass is 16.5. The highest BCUT2D eigenvalue weighted by Crippen LogP contribution is 2.26. The van der Waals surface area contributed by atoms with E-state index < -0.39 is 0 Å². The molecule has 4 N–H and O–H groups in total. The molecule has 1 heterocycles. The molecule has 1 amide bonds. The lowest BCUT2D eigenvalue weighted by molar-refractivity contribution is 0.0972. The van der Waals surface area contributed by atoms with Crippen LogP contribution in [0.25, 0.3) is 10.9 Å².